The van der Waals surface area contributed by atoms with E-state index in [4.69, 9.17) is 0 Å². The van der Waals surface area contributed by atoms with Gasteiger partial charge in [-0.1, -0.05) is 22.6 Å². The molecule has 0 aromatic carbocycles. The van der Waals surface area contributed by atoms with Gasteiger partial charge in [0.1, 0.15) is 0 Å². The highest BCUT2D eigenvalue weighted by molar-refractivity contribution is 14.1. The average molecular weight is 208 g/mol. The number of halogens is 1. The van der Waals surface area contributed by atoms with Gasteiger partial charge in [-0.25, -0.2) is 0 Å². The molecule has 0 aromatic rings. The minimum Gasteiger partial charge on any atom is -0.0826 e. The molecule has 2 rings (SSSR count). The van der Waals surface area contributed by atoms with Crippen molar-refractivity contribution in [1.29, 1.82) is 0 Å². The van der Waals surface area contributed by atoms with Crippen molar-refractivity contribution in [2.75, 3.05) is 0 Å². The van der Waals surface area contributed by atoms with Crippen molar-refractivity contribution in [3.8, 4) is 0 Å². The Labute approximate surface area is 57.8 Å². The standard InChI is InChI=1S/C6H9I/c7-6-2-4-1-5(4)3-6/h4-6H,1-3H2. The van der Waals surface area contributed by atoms with Crippen molar-refractivity contribution in [2.24, 2.45) is 11.8 Å². The highest BCUT2D eigenvalue weighted by atomic mass is 127. The predicted molar refractivity (Wildman–Crippen MR) is 38.6 cm³/mol. The molecular weight excluding hydrogens is 199 g/mol. The Balaban J connectivity index is 2.02. The molecule has 2 atom stereocenters. The Hall–Kier alpha value is 0.730. The van der Waals surface area contributed by atoms with Gasteiger partial charge < -0.3 is 0 Å². The Kier molecular flexibility index (Phi) is 0.895. The molecule has 2 aliphatic carbocycles. The summed E-state index contributed by atoms with van der Waals surface area (Å²) in [6, 6.07) is 0. The molecule has 0 bridgehead atoms. The molecule has 1 heteroatoms. The minimum absolute atomic E-state index is 1.04. The van der Waals surface area contributed by atoms with Crippen LogP contribution in [-0.4, -0.2) is 3.92 Å². The summed E-state index contributed by atoms with van der Waals surface area (Å²) in [4.78, 5) is 0. The van der Waals surface area contributed by atoms with Gasteiger partial charge in [0.15, 0.2) is 0 Å². The zero-order chi connectivity index (χ0) is 4.85. The third kappa shape index (κ3) is 0.694. The lowest BCUT2D eigenvalue weighted by atomic mass is 10.3. The Bertz CT molecular complexity index is 80.2. The number of rotatable bonds is 0. The molecule has 0 radical (unpaired) electrons. The first-order valence-corrected chi connectivity index (χ1v) is 4.25. The lowest BCUT2D eigenvalue weighted by molar-refractivity contribution is 0.775. The molecule has 2 unspecified atom stereocenters. The minimum atomic E-state index is 1.04. The zero-order valence-corrected chi connectivity index (χ0v) is 6.39. The summed E-state index contributed by atoms with van der Waals surface area (Å²) in [6.45, 7) is 0. The van der Waals surface area contributed by atoms with E-state index in [0.717, 1.165) is 3.92 Å². The third-order valence-electron chi connectivity index (χ3n) is 2.19. The van der Waals surface area contributed by atoms with Crippen LogP contribution in [0.3, 0.4) is 0 Å². The third-order valence-corrected chi connectivity index (χ3v) is 3.20. The average Bonchev–Trinajstić information content (AvgIpc) is 2.15. The van der Waals surface area contributed by atoms with Crippen LogP contribution >= 0.6 is 22.6 Å². The molecule has 40 valence electrons. The van der Waals surface area contributed by atoms with Crippen molar-refractivity contribution in [3.63, 3.8) is 0 Å². The maximum absolute atomic E-state index is 2.58. The lowest BCUT2D eigenvalue weighted by Crippen LogP contribution is -1.89. The Morgan fingerprint density at radius 1 is 1.00 bits per heavy atom. The van der Waals surface area contributed by atoms with Crippen LogP contribution in [0.25, 0.3) is 0 Å². The van der Waals surface area contributed by atoms with Crippen molar-refractivity contribution >= 4 is 22.6 Å². The summed E-state index contributed by atoms with van der Waals surface area (Å²) >= 11 is 2.58. The van der Waals surface area contributed by atoms with Crippen LogP contribution < -0.4 is 0 Å². The zero-order valence-electron chi connectivity index (χ0n) is 4.23. The molecule has 0 aliphatic heterocycles. The molecule has 0 N–H and O–H groups in total. The van der Waals surface area contributed by atoms with Gasteiger partial charge in [-0.3, -0.25) is 0 Å². The van der Waals surface area contributed by atoms with Gasteiger partial charge in [-0.2, -0.15) is 0 Å². The van der Waals surface area contributed by atoms with E-state index in [-0.39, 0.29) is 0 Å². The summed E-state index contributed by atoms with van der Waals surface area (Å²) in [6.07, 6.45) is 4.63. The van der Waals surface area contributed by atoms with Crippen LogP contribution in [0, 0.1) is 11.8 Å². The molecule has 0 heterocycles. The maximum Gasteiger partial charge on any atom is 0.0115 e. The summed E-state index contributed by atoms with van der Waals surface area (Å²) in [5.74, 6) is 2.36. The van der Waals surface area contributed by atoms with E-state index in [1.165, 1.54) is 24.7 Å². The number of fused-ring (bicyclic) bond motifs is 1. The molecule has 0 spiro atoms. The summed E-state index contributed by atoms with van der Waals surface area (Å²) in [5, 5.41) is 0. The molecule has 2 saturated carbocycles. The van der Waals surface area contributed by atoms with Crippen LogP contribution in [0.1, 0.15) is 19.3 Å². The van der Waals surface area contributed by atoms with Gasteiger partial charge in [0.2, 0.25) is 0 Å². The van der Waals surface area contributed by atoms with E-state index < -0.39 is 0 Å². The van der Waals surface area contributed by atoms with Gasteiger partial charge in [0.05, 0.1) is 0 Å². The highest BCUT2D eigenvalue weighted by Crippen LogP contribution is 2.53. The summed E-state index contributed by atoms with van der Waals surface area (Å²) in [7, 11) is 0. The van der Waals surface area contributed by atoms with E-state index in [0.29, 0.717) is 0 Å². The molecule has 2 fully saturated rings. The molecule has 2 aliphatic rings. The lowest BCUT2D eigenvalue weighted by Gasteiger charge is -1.96. The molecule has 0 amide bonds. The Morgan fingerprint density at radius 3 is 1.86 bits per heavy atom. The maximum atomic E-state index is 2.58. The van der Waals surface area contributed by atoms with Gasteiger partial charge in [-0.15, -0.1) is 0 Å². The first-order valence-electron chi connectivity index (χ1n) is 3.00. The second-order valence-electron chi connectivity index (χ2n) is 2.82. The summed E-state index contributed by atoms with van der Waals surface area (Å²) in [5.41, 5.74) is 0. The van der Waals surface area contributed by atoms with E-state index in [9.17, 15) is 0 Å². The van der Waals surface area contributed by atoms with E-state index >= 15 is 0 Å². The van der Waals surface area contributed by atoms with Gasteiger partial charge in [0.25, 0.3) is 0 Å². The predicted octanol–water partition coefficient (Wildman–Crippen LogP) is 2.22. The second-order valence-corrected chi connectivity index (χ2v) is 4.59. The SMILES string of the molecule is IC1CC2CC2C1. The number of alkyl halides is 1. The number of hydrogen-bond donors (Lipinski definition) is 0. The quantitative estimate of drug-likeness (QED) is 0.423. The molecule has 0 nitrogen and oxygen atoms in total. The largest absolute Gasteiger partial charge is 0.0826 e. The smallest absolute Gasteiger partial charge is 0.0115 e. The molecule has 0 aromatic heterocycles. The van der Waals surface area contributed by atoms with Crippen molar-refractivity contribution in [1.82, 2.24) is 0 Å². The van der Waals surface area contributed by atoms with Crippen LogP contribution in [0.15, 0.2) is 0 Å². The highest BCUT2D eigenvalue weighted by Gasteiger charge is 2.44. The normalized spacial score (nSPS) is 57.0. The van der Waals surface area contributed by atoms with Crippen LogP contribution in [-0.2, 0) is 0 Å². The van der Waals surface area contributed by atoms with Crippen LogP contribution in [0.2, 0.25) is 0 Å². The summed E-state index contributed by atoms with van der Waals surface area (Å²) < 4.78 is 1.04. The second kappa shape index (κ2) is 1.36. The monoisotopic (exact) mass is 208 g/mol. The molecule has 0 saturated heterocycles. The van der Waals surface area contributed by atoms with Crippen molar-refractivity contribution in [2.45, 2.75) is 23.2 Å². The number of hydrogen-bond acceptors (Lipinski definition) is 0. The molecular formula is C6H9I. The first kappa shape index (κ1) is 4.59. The van der Waals surface area contributed by atoms with Crippen molar-refractivity contribution < 1.29 is 0 Å². The fourth-order valence-electron chi connectivity index (χ4n) is 1.64. The van der Waals surface area contributed by atoms with Crippen LogP contribution in [0.5, 0.6) is 0 Å². The van der Waals surface area contributed by atoms with Gasteiger partial charge in [-0.05, 0) is 31.1 Å². The van der Waals surface area contributed by atoms with Crippen molar-refractivity contribution in [3.05, 3.63) is 0 Å². The fourth-order valence-corrected chi connectivity index (χ4v) is 2.95. The fraction of sp³-hybridized carbons (Fsp3) is 1.00. The van der Waals surface area contributed by atoms with Crippen LogP contribution in [0.4, 0.5) is 0 Å². The van der Waals surface area contributed by atoms with Gasteiger partial charge >= 0.3 is 0 Å². The van der Waals surface area contributed by atoms with Gasteiger partial charge in [0, 0.05) is 3.92 Å². The first-order chi connectivity index (χ1) is 3.36. The Morgan fingerprint density at radius 2 is 1.57 bits per heavy atom. The topological polar surface area (TPSA) is 0 Å². The van der Waals surface area contributed by atoms with E-state index in [1.807, 2.05) is 0 Å². The van der Waals surface area contributed by atoms with E-state index in [2.05, 4.69) is 22.6 Å². The molecule has 7 heavy (non-hydrogen) atoms. The van der Waals surface area contributed by atoms with E-state index in [1.54, 1.807) is 6.42 Å².